The summed E-state index contributed by atoms with van der Waals surface area (Å²) in [7, 11) is 0. The highest BCUT2D eigenvalue weighted by atomic mass is 79.9. The average Bonchev–Trinajstić information content (AvgIpc) is 2.55. The van der Waals surface area contributed by atoms with Crippen LogP contribution in [0.4, 0.5) is 0 Å². The second kappa shape index (κ2) is 2.54. The van der Waals surface area contributed by atoms with Crippen LogP contribution in [0.3, 0.4) is 0 Å². The van der Waals surface area contributed by atoms with Crippen LogP contribution >= 0.6 is 15.9 Å². The van der Waals surface area contributed by atoms with Crippen molar-refractivity contribution in [2.75, 3.05) is 0 Å². The fourth-order valence-electron chi connectivity index (χ4n) is 0.833. The molecule has 2 aromatic rings. The lowest BCUT2D eigenvalue weighted by atomic mass is 10.6. The second-order valence-corrected chi connectivity index (χ2v) is 2.83. The zero-order valence-corrected chi connectivity index (χ0v) is 7.15. The van der Waals surface area contributed by atoms with Gasteiger partial charge in [0.1, 0.15) is 6.33 Å². The van der Waals surface area contributed by atoms with E-state index in [1.165, 1.54) is 0 Å². The quantitative estimate of drug-likeness (QED) is 0.727. The highest BCUT2D eigenvalue weighted by Gasteiger charge is 1.99. The van der Waals surface area contributed by atoms with Gasteiger partial charge in [-0.25, -0.2) is 4.98 Å². The molecule has 11 heavy (non-hydrogen) atoms. The van der Waals surface area contributed by atoms with E-state index in [0.29, 0.717) is 0 Å². The molecule has 0 atom stereocenters. The lowest BCUT2D eigenvalue weighted by molar-refractivity contribution is 0.516. The van der Waals surface area contributed by atoms with Crippen molar-refractivity contribution in [2.24, 2.45) is 0 Å². The summed E-state index contributed by atoms with van der Waals surface area (Å²) in [5, 5.41) is 0. The highest BCUT2D eigenvalue weighted by molar-refractivity contribution is 9.10. The van der Waals surface area contributed by atoms with E-state index in [0.717, 1.165) is 10.6 Å². The minimum atomic E-state index is 0.723. The van der Waals surface area contributed by atoms with E-state index in [2.05, 4.69) is 20.9 Å². The molecule has 0 spiro atoms. The molecule has 0 bridgehead atoms. The molecule has 0 fully saturated rings. The van der Waals surface area contributed by atoms with Gasteiger partial charge in [-0.2, -0.15) is 0 Å². The van der Waals surface area contributed by atoms with Crippen LogP contribution in [0.25, 0.3) is 5.88 Å². The summed E-state index contributed by atoms with van der Waals surface area (Å²) in [5.74, 6) is 0.759. The van der Waals surface area contributed by atoms with Gasteiger partial charge < -0.3 is 4.42 Å². The van der Waals surface area contributed by atoms with Gasteiger partial charge in [-0.1, -0.05) is 0 Å². The molecular formula is C7H5BrN2O. The van der Waals surface area contributed by atoms with E-state index < -0.39 is 0 Å². The summed E-state index contributed by atoms with van der Waals surface area (Å²) in [6, 6.07) is 3.71. The lowest BCUT2D eigenvalue weighted by Gasteiger charge is -1.92. The fraction of sp³-hybridized carbons (Fsp3) is 0. The van der Waals surface area contributed by atoms with E-state index in [-0.39, 0.29) is 0 Å². The minimum Gasteiger partial charge on any atom is -0.433 e. The largest absolute Gasteiger partial charge is 0.433 e. The average molecular weight is 213 g/mol. The Hall–Kier alpha value is -1.03. The maximum absolute atomic E-state index is 5.27. The zero-order chi connectivity index (χ0) is 7.68. The highest BCUT2D eigenvalue weighted by Crippen LogP contribution is 2.16. The Balaban J connectivity index is 2.45. The molecule has 0 saturated heterocycles. The van der Waals surface area contributed by atoms with Crippen LogP contribution in [0.5, 0.6) is 0 Å². The number of nitrogens with zero attached hydrogens (tertiary/aromatic N) is 2. The Morgan fingerprint density at radius 3 is 2.91 bits per heavy atom. The first-order valence-corrected chi connectivity index (χ1v) is 3.89. The van der Waals surface area contributed by atoms with Crippen LogP contribution in [-0.4, -0.2) is 9.55 Å². The summed E-state index contributed by atoms with van der Waals surface area (Å²) < 4.78 is 7.79. The smallest absolute Gasteiger partial charge is 0.206 e. The molecule has 0 aliphatic rings. The van der Waals surface area contributed by atoms with E-state index in [1.54, 1.807) is 17.1 Å². The predicted molar refractivity (Wildman–Crippen MR) is 43.5 cm³/mol. The van der Waals surface area contributed by atoms with Gasteiger partial charge in [0.2, 0.25) is 5.88 Å². The Morgan fingerprint density at radius 2 is 2.36 bits per heavy atom. The predicted octanol–water partition coefficient (Wildman–Crippen LogP) is 2.23. The molecule has 0 unspecified atom stereocenters. The van der Waals surface area contributed by atoms with Crippen molar-refractivity contribution in [3.63, 3.8) is 0 Å². The fourth-order valence-corrected chi connectivity index (χ4v) is 1.13. The number of hydrogen-bond donors (Lipinski definition) is 0. The molecular weight excluding hydrogens is 208 g/mol. The molecule has 0 radical (unpaired) electrons. The molecule has 0 N–H and O–H groups in total. The van der Waals surface area contributed by atoms with Gasteiger partial charge >= 0.3 is 0 Å². The van der Waals surface area contributed by atoms with Crippen LogP contribution < -0.4 is 0 Å². The van der Waals surface area contributed by atoms with Crippen molar-refractivity contribution in [1.82, 2.24) is 9.55 Å². The summed E-state index contributed by atoms with van der Waals surface area (Å²) >= 11 is 3.22. The van der Waals surface area contributed by atoms with Gasteiger partial charge in [-0.15, -0.1) is 0 Å². The van der Waals surface area contributed by atoms with Crippen molar-refractivity contribution in [3.8, 4) is 5.88 Å². The van der Waals surface area contributed by atoms with E-state index in [9.17, 15) is 0 Å². The van der Waals surface area contributed by atoms with Gasteiger partial charge in [0.25, 0.3) is 0 Å². The maximum Gasteiger partial charge on any atom is 0.206 e. The molecule has 0 aliphatic carbocycles. The van der Waals surface area contributed by atoms with Crippen LogP contribution in [0, 0.1) is 0 Å². The number of furan rings is 1. The first-order valence-electron chi connectivity index (χ1n) is 3.10. The summed E-state index contributed by atoms with van der Waals surface area (Å²) in [4.78, 5) is 3.90. The first kappa shape index (κ1) is 6.67. The molecule has 0 aliphatic heterocycles. The van der Waals surface area contributed by atoms with Gasteiger partial charge in [0.05, 0.1) is 0 Å². The van der Waals surface area contributed by atoms with Crippen LogP contribution in [-0.2, 0) is 0 Å². The summed E-state index contributed by atoms with van der Waals surface area (Å²) in [6.07, 6.45) is 5.22. The number of aromatic nitrogens is 2. The van der Waals surface area contributed by atoms with Crippen molar-refractivity contribution in [2.45, 2.75) is 0 Å². The van der Waals surface area contributed by atoms with E-state index >= 15 is 0 Å². The van der Waals surface area contributed by atoms with Gasteiger partial charge in [-0.3, -0.25) is 4.57 Å². The van der Waals surface area contributed by atoms with Crippen molar-refractivity contribution in [3.05, 3.63) is 35.5 Å². The normalized spacial score (nSPS) is 10.3. The molecule has 2 aromatic heterocycles. The maximum atomic E-state index is 5.27. The van der Waals surface area contributed by atoms with Crippen molar-refractivity contribution >= 4 is 15.9 Å². The number of imidazole rings is 1. The standard InChI is InChI=1S/C7H5BrN2O/c8-6-1-2-7(11-6)10-4-3-9-5-10/h1-5H. The third-order valence-electron chi connectivity index (χ3n) is 1.32. The third kappa shape index (κ3) is 1.21. The van der Waals surface area contributed by atoms with Crippen LogP contribution in [0.1, 0.15) is 0 Å². The first-order chi connectivity index (χ1) is 5.36. The number of rotatable bonds is 1. The van der Waals surface area contributed by atoms with Gasteiger partial charge in [-0.05, 0) is 22.0 Å². The van der Waals surface area contributed by atoms with Crippen molar-refractivity contribution < 1.29 is 4.42 Å². The van der Waals surface area contributed by atoms with Gasteiger partial charge in [0, 0.05) is 18.5 Å². The molecule has 0 aromatic carbocycles. The lowest BCUT2D eigenvalue weighted by Crippen LogP contribution is -1.84. The molecule has 2 rings (SSSR count). The molecule has 56 valence electrons. The second-order valence-electron chi connectivity index (χ2n) is 2.05. The molecule has 2 heterocycles. The Kier molecular flexibility index (Phi) is 1.54. The molecule has 3 nitrogen and oxygen atoms in total. The Morgan fingerprint density at radius 1 is 1.45 bits per heavy atom. The molecule has 0 saturated carbocycles. The minimum absolute atomic E-state index is 0.723. The summed E-state index contributed by atoms with van der Waals surface area (Å²) in [5.41, 5.74) is 0. The Labute approximate surface area is 71.8 Å². The van der Waals surface area contributed by atoms with Crippen LogP contribution in [0.15, 0.2) is 39.9 Å². The van der Waals surface area contributed by atoms with E-state index in [1.807, 2.05) is 18.3 Å². The number of halogens is 1. The SMILES string of the molecule is Brc1ccc(-n2ccnc2)o1. The zero-order valence-electron chi connectivity index (χ0n) is 5.57. The Bertz CT molecular complexity index is 339. The molecule has 0 amide bonds. The topological polar surface area (TPSA) is 31.0 Å². The number of hydrogen-bond acceptors (Lipinski definition) is 2. The third-order valence-corrected chi connectivity index (χ3v) is 1.74. The molecule has 4 heteroatoms. The monoisotopic (exact) mass is 212 g/mol. The summed E-state index contributed by atoms with van der Waals surface area (Å²) in [6.45, 7) is 0. The van der Waals surface area contributed by atoms with Crippen molar-refractivity contribution in [1.29, 1.82) is 0 Å². The van der Waals surface area contributed by atoms with E-state index in [4.69, 9.17) is 4.42 Å². The van der Waals surface area contributed by atoms with Crippen LogP contribution in [0.2, 0.25) is 0 Å². The van der Waals surface area contributed by atoms with Gasteiger partial charge in [0.15, 0.2) is 4.67 Å².